The molecule has 7 nitrogen and oxygen atoms in total. The summed E-state index contributed by atoms with van der Waals surface area (Å²) in [6.07, 6.45) is 0. The topological polar surface area (TPSA) is 92.1 Å². The summed E-state index contributed by atoms with van der Waals surface area (Å²) in [7, 11) is 1.63. The number of hydrogen-bond donors (Lipinski definition) is 1. The standard InChI is InChI=1S/C15H16N4O3S/c1-10-7-14-13(8-15(10)22-2)17-18-19(14)12-5-3-11(4-6-12)9-16-23(20)21/h3-8,16H,9H2,1-2H3,(H,20,21)/p-1. The molecule has 1 N–H and O–H groups in total. The van der Waals surface area contributed by atoms with Gasteiger partial charge in [0.1, 0.15) is 11.3 Å². The van der Waals surface area contributed by atoms with Gasteiger partial charge in [-0.2, -0.15) is 0 Å². The molecule has 0 aliphatic rings. The molecule has 0 aliphatic heterocycles. The first-order valence-corrected chi connectivity index (χ1v) is 7.98. The Morgan fingerprint density at radius 3 is 2.70 bits per heavy atom. The number of benzene rings is 2. The summed E-state index contributed by atoms with van der Waals surface area (Å²) in [6, 6.07) is 11.3. The van der Waals surface area contributed by atoms with E-state index in [0.717, 1.165) is 33.6 Å². The van der Waals surface area contributed by atoms with Crippen LogP contribution in [0.25, 0.3) is 16.7 Å². The van der Waals surface area contributed by atoms with Crippen LogP contribution in [0.1, 0.15) is 11.1 Å². The van der Waals surface area contributed by atoms with Crippen molar-refractivity contribution in [2.24, 2.45) is 0 Å². The number of fused-ring (bicyclic) bond motifs is 1. The van der Waals surface area contributed by atoms with Gasteiger partial charge in [0, 0.05) is 23.9 Å². The van der Waals surface area contributed by atoms with E-state index >= 15 is 0 Å². The third-order valence-corrected chi connectivity index (χ3v) is 3.92. The molecule has 1 atom stereocenters. The smallest absolute Gasteiger partial charge is 0.124 e. The van der Waals surface area contributed by atoms with E-state index in [1.165, 1.54) is 0 Å². The number of nitrogens with one attached hydrogen (secondary N) is 1. The molecular formula is C15H15N4O3S-. The first-order chi connectivity index (χ1) is 11.1. The van der Waals surface area contributed by atoms with E-state index in [2.05, 4.69) is 15.0 Å². The lowest BCUT2D eigenvalue weighted by molar-refractivity contribution is 0.412. The van der Waals surface area contributed by atoms with Gasteiger partial charge in [0.05, 0.1) is 18.3 Å². The molecule has 0 spiro atoms. The van der Waals surface area contributed by atoms with Crippen molar-refractivity contribution in [3.05, 3.63) is 47.5 Å². The Morgan fingerprint density at radius 1 is 1.30 bits per heavy atom. The monoisotopic (exact) mass is 331 g/mol. The summed E-state index contributed by atoms with van der Waals surface area (Å²) in [4.78, 5) is 0. The minimum atomic E-state index is -2.26. The van der Waals surface area contributed by atoms with E-state index in [1.54, 1.807) is 11.8 Å². The van der Waals surface area contributed by atoms with Gasteiger partial charge in [-0.15, -0.1) is 5.10 Å². The van der Waals surface area contributed by atoms with Crippen molar-refractivity contribution < 1.29 is 13.5 Å². The van der Waals surface area contributed by atoms with Crippen LogP contribution < -0.4 is 9.46 Å². The lowest BCUT2D eigenvalue weighted by atomic mass is 10.2. The Hall–Kier alpha value is -2.29. The first-order valence-electron chi connectivity index (χ1n) is 6.90. The van der Waals surface area contributed by atoms with Gasteiger partial charge in [-0.3, -0.25) is 4.21 Å². The van der Waals surface area contributed by atoms with Gasteiger partial charge in [0.2, 0.25) is 0 Å². The molecule has 0 amide bonds. The maximum atomic E-state index is 10.5. The zero-order chi connectivity index (χ0) is 16.4. The SMILES string of the molecule is COc1cc2nnn(-c3ccc(CNS(=O)[O-])cc3)c2cc1C. The second kappa shape index (κ2) is 6.45. The van der Waals surface area contributed by atoms with Crippen molar-refractivity contribution >= 4 is 22.3 Å². The Morgan fingerprint density at radius 2 is 2.04 bits per heavy atom. The highest BCUT2D eigenvalue weighted by Crippen LogP contribution is 2.25. The number of methoxy groups -OCH3 is 1. The molecule has 1 heterocycles. The van der Waals surface area contributed by atoms with Gasteiger partial charge in [0.15, 0.2) is 0 Å². The summed E-state index contributed by atoms with van der Waals surface area (Å²) in [6.45, 7) is 2.22. The molecule has 2 aromatic carbocycles. The van der Waals surface area contributed by atoms with Crippen molar-refractivity contribution in [3.63, 3.8) is 0 Å². The molecule has 0 saturated carbocycles. The number of aromatic nitrogens is 3. The van der Waals surface area contributed by atoms with E-state index in [1.807, 2.05) is 43.3 Å². The van der Waals surface area contributed by atoms with Crippen LogP contribution in [0.4, 0.5) is 0 Å². The summed E-state index contributed by atoms with van der Waals surface area (Å²) in [5.74, 6) is 0.775. The fourth-order valence-electron chi connectivity index (χ4n) is 2.36. The summed E-state index contributed by atoms with van der Waals surface area (Å²) >= 11 is -2.26. The molecule has 23 heavy (non-hydrogen) atoms. The van der Waals surface area contributed by atoms with Gasteiger partial charge in [-0.25, -0.2) is 9.40 Å². The first kappa shape index (κ1) is 15.6. The van der Waals surface area contributed by atoms with E-state index in [9.17, 15) is 8.76 Å². The van der Waals surface area contributed by atoms with Crippen LogP contribution in [0.2, 0.25) is 0 Å². The number of ether oxygens (including phenoxy) is 1. The second-order valence-corrected chi connectivity index (χ2v) is 5.79. The largest absolute Gasteiger partial charge is 0.760 e. The van der Waals surface area contributed by atoms with Crippen molar-refractivity contribution in [2.45, 2.75) is 13.5 Å². The fraction of sp³-hybridized carbons (Fsp3) is 0.200. The Labute approximate surface area is 135 Å². The molecule has 0 radical (unpaired) electrons. The Bertz CT molecular complexity index is 861. The summed E-state index contributed by atoms with van der Waals surface area (Å²) in [5, 5.41) is 8.35. The molecular weight excluding hydrogens is 316 g/mol. The summed E-state index contributed by atoms with van der Waals surface area (Å²) in [5.41, 5.74) is 4.35. The highest BCUT2D eigenvalue weighted by molar-refractivity contribution is 7.77. The van der Waals surface area contributed by atoms with Gasteiger partial charge in [0.25, 0.3) is 0 Å². The van der Waals surface area contributed by atoms with Crippen molar-refractivity contribution in [3.8, 4) is 11.4 Å². The van der Waals surface area contributed by atoms with Crippen molar-refractivity contribution in [2.75, 3.05) is 7.11 Å². The van der Waals surface area contributed by atoms with E-state index in [0.29, 0.717) is 0 Å². The van der Waals surface area contributed by atoms with Gasteiger partial charge >= 0.3 is 0 Å². The van der Waals surface area contributed by atoms with Crippen LogP contribution in [-0.4, -0.2) is 30.9 Å². The molecule has 120 valence electrons. The minimum Gasteiger partial charge on any atom is -0.760 e. The van der Waals surface area contributed by atoms with Crippen molar-refractivity contribution in [1.82, 2.24) is 19.7 Å². The molecule has 1 unspecified atom stereocenters. The van der Waals surface area contributed by atoms with Crippen LogP contribution in [0, 0.1) is 6.92 Å². The second-order valence-electron chi connectivity index (χ2n) is 5.03. The van der Waals surface area contributed by atoms with Crippen LogP contribution in [0.15, 0.2) is 36.4 Å². The molecule has 3 aromatic rings. The number of nitrogens with zero attached hydrogens (tertiary/aromatic N) is 3. The van der Waals surface area contributed by atoms with Crippen LogP contribution in [-0.2, 0) is 17.8 Å². The maximum Gasteiger partial charge on any atom is 0.124 e. The molecule has 8 heteroatoms. The normalized spacial score (nSPS) is 12.5. The Kier molecular flexibility index (Phi) is 4.37. The fourth-order valence-corrected chi connectivity index (χ4v) is 2.65. The number of hydrogen-bond acceptors (Lipinski definition) is 5. The summed E-state index contributed by atoms with van der Waals surface area (Å²) < 4.78 is 30.4. The number of rotatable bonds is 5. The average molecular weight is 331 g/mol. The molecule has 0 bridgehead atoms. The van der Waals surface area contributed by atoms with E-state index in [4.69, 9.17) is 4.74 Å². The minimum absolute atomic E-state index is 0.255. The molecule has 3 rings (SSSR count). The highest BCUT2D eigenvalue weighted by Gasteiger charge is 2.10. The predicted molar refractivity (Wildman–Crippen MR) is 85.9 cm³/mol. The Balaban J connectivity index is 1.94. The van der Waals surface area contributed by atoms with Gasteiger partial charge in [-0.1, -0.05) is 17.3 Å². The average Bonchev–Trinajstić information content (AvgIpc) is 2.95. The quantitative estimate of drug-likeness (QED) is 0.717. The third kappa shape index (κ3) is 3.24. The van der Waals surface area contributed by atoms with Crippen molar-refractivity contribution in [1.29, 1.82) is 0 Å². The third-order valence-electron chi connectivity index (χ3n) is 3.54. The lowest BCUT2D eigenvalue weighted by Crippen LogP contribution is -2.15. The molecule has 1 aromatic heterocycles. The van der Waals surface area contributed by atoms with Crippen LogP contribution in [0.5, 0.6) is 5.75 Å². The van der Waals surface area contributed by atoms with E-state index in [-0.39, 0.29) is 6.54 Å². The maximum absolute atomic E-state index is 10.5. The zero-order valence-electron chi connectivity index (χ0n) is 12.6. The van der Waals surface area contributed by atoms with Crippen LogP contribution >= 0.6 is 0 Å². The highest BCUT2D eigenvalue weighted by atomic mass is 32.2. The molecule has 0 saturated heterocycles. The number of aryl methyl sites for hydroxylation is 1. The van der Waals surface area contributed by atoms with E-state index < -0.39 is 11.3 Å². The molecule has 0 aliphatic carbocycles. The van der Waals surface area contributed by atoms with Gasteiger partial charge in [-0.05, 0) is 36.2 Å². The molecule has 0 fully saturated rings. The zero-order valence-corrected chi connectivity index (χ0v) is 13.5. The van der Waals surface area contributed by atoms with Crippen LogP contribution in [0.3, 0.4) is 0 Å². The predicted octanol–water partition coefficient (Wildman–Crippen LogP) is 1.62. The van der Waals surface area contributed by atoms with Gasteiger partial charge < -0.3 is 9.29 Å². The lowest BCUT2D eigenvalue weighted by Gasteiger charge is -2.08.